The normalized spacial score (nSPS) is 15.4. The fraction of sp³-hybridized carbons (Fsp3) is 0.364. The van der Waals surface area contributed by atoms with Gasteiger partial charge < -0.3 is 10.6 Å². The van der Waals surface area contributed by atoms with Crippen molar-refractivity contribution in [1.29, 1.82) is 0 Å². The molecule has 3 nitrogen and oxygen atoms in total. The maximum atomic E-state index is 12.3. The van der Waals surface area contributed by atoms with Crippen molar-refractivity contribution in [2.24, 2.45) is 0 Å². The molecule has 0 aromatic heterocycles. The first-order chi connectivity index (χ1) is 8.29. The Balaban J connectivity index is 2.25. The number of nitrogens with zero attached hydrogens (tertiary/aromatic N) is 1. The van der Waals surface area contributed by atoms with Crippen LogP contribution in [-0.2, 0) is 17.8 Å². The van der Waals surface area contributed by atoms with Crippen molar-refractivity contribution < 1.29 is 18.0 Å². The van der Waals surface area contributed by atoms with Gasteiger partial charge in [0.2, 0.25) is 0 Å². The summed E-state index contributed by atoms with van der Waals surface area (Å²) in [7, 11) is 0. The second-order valence-electron chi connectivity index (χ2n) is 4.12. The second kappa shape index (κ2) is 4.46. The number of amides is 1. The minimum Gasteiger partial charge on any atom is -0.398 e. The van der Waals surface area contributed by atoms with E-state index in [1.165, 1.54) is 0 Å². The summed E-state index contributed by atoms with van der Waals surface area (Å²) in [4.78, 5) is 12.0. The van der Waals surface area contributed by atoms with E-state index >= 15 is 0 Å². The van der Waals surface area contributed by atoms with Crippen molar-refractivity contribution in [2.45, 2.75) is 19.1 Å². The lowest BCUT2D eigenvalue weighted by Crippen LogP contribution is -2.43. The fourth-order valence-electron chi connectivity index (χ4n) is 1.95. The van der Waals surface area contributed by atoms with Crippen LogP contribution in [0.15, 0.2) is 16.6 Å². The standard InChI is InChI=1S/C11H10BrF3N2O/c12-8-3-7-5-17(10(18)11(13,14)15)2-1-6(7)4-9(8)16/h3-4H,1-2,5,16H2. The number of alkyl halides is 3. The quantitative estimate of drug-likeness (QED) is 0.746. The average molecular weight is 323 g/mol. The minimum atomic E-state index is -4.82. The van der Waals surface area contributed by atoms with Crippen LogP contribution in [-0.4, -0.2) is 23.5 Å². The van der Waals surface area contributed by atoms with Gasteiger partial charge in [0, 0.05) is 23.2 Å². The van der Waals surface area contributed by atoms with E-state index < -0.39 is 12.1 Å². The maximum absolute atomic E-state index is 12.3. The summed E-state index contributed by atoms with van der Waals surface area (Å²) in [6.07, 6.45) is -4.43. The van der Waals surface area contributed by atoms with Crippen molar-refractivity contribution >= 4 is 27.5 Å². The molecule has 1 aromatic carbocycles. The molecule has 0 atom stereocenters. The highest BCUT2D eigenvalue weighted by Gasteiger charge is 2.43. The van der Waals surface area contributed by atoms with Gasteiger partial charge in [-0.15, -0.1) is 0 Å². The molecule has 0 bridgehead atoms. The number of rotatable bonds is 0. The zero-order valence-corrected chi connectivity index (χ0v) is 10.8. The van der Waals surface area contributed by atoms with Gasteiger partial charge in [0.25, 0.3) is 0 Å². The number of anilines is 1. The van der Waals surface area contributed by atoms with Crippen LogP contribution in [0.5, 0.6) is 0 Å². The van der Waals surface area contributed by atoms with E-state index in [0.717, 1.165) is 10.5 Å². The van der Waals surface area contributed by atoms with Gasteiger partial charge in [0.15, 0.2) is 0 Å². The van der Waals surface area contributed by atoms with Gasteiger partial charge in [-0.1, -0.05) is 0 Å². The van der Waals surface area contributed by atoms with Crippen LogP contribution in [0.4, 0.5) is 18.9 Å². The molecule has 2 N–H and O–H groups in total. The molecular formula is C11H10BrF3N2O. The molecule has 7 heteroatoms. The molecule has 1 aromatic rings. The number of nitrogen functional groups attached to an aromatic ring is 1. The van der Waals surface area contributed by atoms with Gasteiger partial charge in [-0.3, -0.25) is 4.79 Å². The third-order valence-electron chi connectivity index (χ3n) is 2.86. The number of hydrogen-bond acceptors (Lipinski definition) is 2. The fourth-order valence-corrected chi connectivity index (χ4v) is 2.34. The van der Waals surface area contributed by atoms with Crippen molar-refractivity contribution in [3.63, 3.8) is 0 Å². The van der Waals surface area contributed by atoms with Gasteiger partial charge in [-0.2, -0.15) is 13.2 Å². The predicted octanol–water partition coefficient (Wildman–Crippen LogP) is 2.48. The van der Waals surface area contributed by atoms with Crippen LogP contribution in [0.3, 0.4) is 0 Å². The molecule has 1 aliphatic rings. The van der Waals surface area contributed by atoms with Gasteiger partial charge in [-0.25, -0.2) is 0 Å². The Hall–Kier alpha value is -1.24. The number of fused-ring (bicyclic) bond motifs is 1. The van der Waals surface area contributed by atoms with Crippen molar-refractivity contribution in [3.8, 4) is 0 Å². The Bertz CT molecular complexity index is 502. The summed E-state index contributed by atoms with van der Waals surface area (Å²) < 4.78 is 37.6. The zero-order chi connectivity index (χ0) is 13.5. The molecule has 0 radical (unpaired) electrons. The first-order valence-corrected chi connectivity index (χ1v) is 6.01. The number of halogens is 4. The van der Waals surface area contributed by atoms with Crippen LogP contribution < -0.4 is 5.73 Å². The number of benzene rings is 1. The van der Waals surface area contributed by atoms with Crippen LogP contribution in [0.1, 0.15) is 11.1 Å². The van der Waals surface area contributed by atoms with E-state index in [1.807, 2.05) is 0 Å². The summed E-state index contributed by atoms with van der Waals surface area (Å²) in [5, 5.41) is 0. The van der Waals surface area contributed by atoms with Crippen LogP contribution in [0.2, 0.25) is 0 Å². The molecule has 0 unspecified atom stereocenters. The number of carbonyl (C=O) groups excluding carboxylic acids is 1. The van der Waals surface area contributed by atoms with E-state index in [9.17, 15) is 18.0 Å². The van der Waals surface area contributed by atoms with E-state index in [-0.39, 0.29) is 13.1 Å². The van der Waals surface area contributed by atoms with Gasteiger partial charge >= 0.3 is 12.1 Å². The summed E-state index contributed by atoms with van der Waals surface area (Å²) in [6.45, 7) is 0.0268. The Morgan fingerprint density at radius 2 is 2.00 bits per heavy atom. The highest BCUT2D eigenvalue weighted by molar-refractivity contribution is 9.10. The molecule has 1 aliphatic heterocycles. The molecule has 0 aliphatic carbocycles. The molecule has 18 heavy (non-hydrogen) atoms. The minimum absolute atomic E-state index is 0.0352. The highest BCUT2D eigenvalue weighted by Crippen LogP contribution is 2.29. The SMILES string of the molecule is Nc1cc2c(cc1Br)CN(C(=O)C(F)(F)F)CC2. The maximum Gasteiger partial charge on any atom is 0.471 e. The molecular weight excluding hydrogens is 313 g/mol. The van der Waals surface area contributed by atoms with E-state index in [2.05, 4.69) is 15.9 Å². The van der Waals surface area contributed by atoms with Gasteiger partial charge in [-0.05, 0) is 45.6 Å². The molecule has 98 valence electrons. The molecule has 0 saturated heterocycles. The lowest BCUT2D eigenvalue weighted by atomic mass is 9.99. The smallest absolute Gasteiger partial charge is 0.398 e. The topological polar surface area (TPSA) is 46.3 Å². The summed E-state index contributed by atoms with van der Waals surface area (Å²) in [6, 6.07) is 3.40. The van der Waals surface area contributed by atoms with E-state index in [4.69, 9.17) is 5.73 Å². The number of hydrogen-bond donors (Lipinski definition) is 1. The van der Waals surface area contributed by atoms with Crippen LogP contribution in [0, 0.1) is 0 Å². The third-order valence-corrected chi connectivity index (χ3v) is 3.55. The van der Waals surface area contributed by atoms with Crippen molar-refractivity contribution in [3.05, 3.63) is 27.7 Å². The molecule has 2 rings (SSSR count). The summed E-state index contributed by atoms with van der Waals surface area (Å²) in [5.41, 5.74) is 7.83. The van der Waals surface area contributed by atoms with Crippen LogP contribution in [0.25, 0.3) is 0 Å². The van der Waals surface area contributed by atoms with Gasteiger partial charge in [0.05, 0.1) is 0 Å². The van der Waals surface area contributed by atoms with Gasteiger partial charge in [0.1, 0.15) is 0 Å². The number of nitrogens with two attached hydrogens (primary N) is 1. The average Bonchev–Trinajstić information content (AvgIpc) is 2.28. The van der Waals surface area contributed by atoms with Crippen molar-refractivity contribution in [1.82, 2.24) is 4.90 Å². The highest BCUT2D eigenvalue weighted by atomic mass is 79.9. The zero-order valence-electron chi connectivity index (χ0n) is 9.22. The van der Waals surface area contributed by atoms with E-state index in [1.54, 1.807) is 12.1 Å². The number of carbonyl (C=O) groups is 1. The lowest BCUT2D eigenvalue weighted by molar-refractivity contribution is -0.186. The van der Waals surface area contributed by atoms with Crippen LogP contribution >= 0.6 is 15.9 Å². The first-order valence-electron chi connectivity index (χ1n) is 5.22. The third kappa shape index (κ3) is 2.45. The monoisotopic (exact) mass is 322 g/mol. The molecule has 0 spiro atoms. The largest absolute Gasteiger partial charge is 0.471 e. The first kappa shape index (κ1) is 13.2. The molecule has 1 amide bonds. The lowest BCUT2D eigenvalue weighted by Gasteiger charge is -2.29. The van der Waals surface area contributed by atoms with E-state index in [0.29, 0.717) is 22.1 Å². The predicted molar refractivity (Wildman–Crippen MR) is 63.7 cm³/mol. The molecule has 0 fully saturated rings. The second-order valence-corrected chi connectivity index (χ2v) is 4.97. The molecule has 1 heterocycles. The van der Waals surface area contributed by atoms with Crippen molar-refractivity contribution in [2.75, 3.05) is 12.3 Å². The summed E-state index contributed by atoms with van der Waals surface area (Å²) in [5.74, 6) is -1.79. The Labute approximate surface area is 110 Å². The molecule has 0 saturated carbocycles. The Morgan fingerprint density at radius 1 is 1.33 bits per heavy atom. The Morgan fingerprint density at radius 3 is 2.61 bits per heavy atom. The Kier molecular flexibility index (Phi) is 3.27. The summed E-state index contributed by atoms with van der Waals surface area (Å²) >= 11 is 3.22.